The van der Waals surface area contributed by atoms with E-state index in [2.05, 4.69) is 74.7 Å². The van der Waals surface area contributed by atoms with Gasteiger partial charge < -0.3 is 4.43 Å². The first-order chi connectivity index (χ1) is 16.1. The summed E-state index contributed by atoms with van der Waals surface area (Å²) in [6.07, 6.45) is 14.0. The van der Waals surface area contributed by atoms with E-state index in [0.29, 0.717) is 34.2 Å². The molecule has 0 N–H and O–H groups in total. The summed E-state index contributed by atoms with van der Waals surface area (Å²) in [5, 5.41) is 0. The molecule has 8 atom stereocenters. The maximum absolute atomic E-state index is 6.74. The summed E-state index contributed by atoms with van der Waals surface area (Å²) >= 11 is 0. The van der Waals surface area contributed by atoms with Gasteiger partial charge in [0.1, 0.15) is 0 Å². The summed E-state index contributed by atoms with van der Waals surface area (Å²) in [5.41, 5.74) is 6.60. The van der Waals surface area contributed by atoms with Crippen molar-refractivity contribution < 1.29 is 4.43 Å². The minimum Gasteiger partial charge on any atom is -0.414 e. The molecule has 4 aliphatic rings. The number of hydrogen-bond acceptors (Lipinski definition) is 1. The monoisotopic (exact) mass is 498 g/mol. The molecule has 0 radical (unpaired) electrons. The molecule has 4 rings (SSSR count). The van der Waals surface area contributed by atoms with Crippen LogP contribution in [0.5, 0.6) is 0 Å². The lowest BCUT2D eigenvalue weighted by Crippen LogP contribution is -2.53. The van der Waals surface area contributed by atoms with Crippen molar-refractivity contribution in [1.29, 1.82) is 0 Å². The predicted molar refractivity (Wildman–Crippen MR) is 155 cm³/mol. The smallest absolute Gasteiger partial charge is 0.184 e. The molecule has 4 aliphatic carbocycles. The third kappa shape index (κ3) is 4.60. The summed E-state index contributed by atoms with van der Waals surface area (Å²) in [4.78, 5) is 0. The first-order valence-electron chi connectivity index (χ1n) is 15.2. The Morgan fingerprint density at radius 1 is 0.971 bits per heavy atom. The molecule has 0 aromatic rings. The summed E-state index contributed by atoms with van der Waals surface area (Å²) in [7, 11) is -1.50. The van der Waals surface area contributed by atoms with Gasteiger partial charge in [0.25, 0.3) is 0 Å². The van der Waals surface area contributed by atoms with E-state index >= 15 is 0 Å². The van der Waals surface area contributed by atoms with E-state index in [0.717, 1.165) is 17.8 Å². The zero-order valence-corrected chi connectivity index (χ0v) is 26.2. The standard InChI is InChI=1S/C33H58OSi/c1-22(2)23(3)12-13-24(4)26-16-20-33(8)29-15-14-27-25(5)30(34-35(9,10)11)18-19-31(27,6)28(29)17-21-32(26,33)7/h22,24-27,30H,3,12-21H2,1-2,4-11H3/t24-,25?,26-,27?,30?,31+,32-,33+/m1/s1. The van der Waals surface area contributed by atoms with Crippen LogP contribution in [0.1, 0.15) is 113 Å². The van der Waals surface area contributed by atoms with Crippen molar-refractivity contribution in [2.75, 3.05) is 0 Å². The molecule has 0 spiro atoms. The van der Waals surface area contributed by atoms with E-state index in [1.807, 2.05) is 11.1 Å². The Morgan fingerprint density at radius 2 is 1.66 bits per heavy atom. The maximum atomic E-state index is 6.74. The molecule has 2 fully saturated rings. The molecule has 0 amide bonds. The van der Waals surface area contributed by atoms with Gasteiger partial charge in [-0.25, -0.2) is 0 Å². The van der Waals surface area contributed by atoms with Gasteiger partial charge in [-0.2, -0.15) is 0 Å². The fourth-order valence-electron chi connectivity index (χ4n) is 9.76. The highest BCUT2D eigenvalue weighted by Crippen LogP contribution is 2.71. The van der Waals surface area contributed by atoms with Crippen molar-refractivity contribution in [3.63, 3.8) is 0 Å². The molecule has 35 heavy (non-hydrogen) atoms. The third-order valence-electron chi connectivity index (χ3n) is 12.3. The van der Waals surface area contributed by atoms with E-state index in [-0.39, 0.29) is 0 Å². The molecule has 3 unspecified atom stereocenters. The van der Waals surface area contributed by atoms with Crippen molar-refractivity contribution in [2.45, 2.75) is 138 Å². The van der Waals surface area contributed by atoms with Crippen LogP contribution in [0, 0.1) is 45.8 Å². The Hall–Kier alpha value is -0.343. The lowest BCUT2D eigenvalue weighted by atomic mass is 9.45. The lowest BCUT2D eigenvalue weighted by molar-refractivity contribution is -0.0344. The molecular weight excluding hydrogens is 440 g/mol. The number of fused-ring (bicyclic) bond motifs is 4. The Labute approximate surface area is 220 Å². The molecule has 0 saturated heterocycles. The van der Waals surface area contributed by atoms with Gasteiger partial charge in [-0.15, -0.1) is 0 Å². The van der Waals surface area contributed by atoms with Crippen LogP contribution in [0.25, 0.3) is 0 Å². The fourth-order valence-corrected chi connectivity index (χ4v) is 11.0. The van der Waals surface area contributed by atoms with E-state index in [1.165, 1.54) is 69.8 Å². The highest BCUT2D eigenvalue weighted by atomic mass is 28.4. The predicted octanol–water partition coefficient (Wildman–Crippen LogP) is 10.2. The highest BCUT2D eigenvalue weighted by molar-refractivity contribution is 6.69. The van der Waals surface area contributed by atoms with Crippen molar-refractivity contribution in [3.8, 4) is 0 Å². The molecule has 0 bridgehead atoms. The SMILES string of the molecule is C=C(CC[C@@H](C)[C@H]1CC[C@@]2(C)C3=C(CC[C@]12C)[C@@]1(C)CCC(O[Si](C)(C)C)C(C)C1CC3)C(C)C. The minimum absolute atomic E-state index is 0.412. The topological polar surface area (TPSA) is 9.23 Å². The molecular formula is C33H58OSi. The zero-order valence-electron chi connectivity index (χ0n) is 25.2. The number of allylic oxidation sites excluding steroid dienone is 3. The van der Waals surface area contributed by atoms with Crippen LogP contribution in [-0.4, -0.2) is 14.4 Å². The van der Waals surface area contributed by atoms with E-state index in [1.54, 1.807) is 0 Å². The molecule has 0 aromatic heterocycles. The molecule has 2 heteroatoms. The van der Waals surface area contributed by atoms with Crippen LogP contribution in [0.15, 0.2) is 23.3 Å². The molecule has 200 valence electrons. The molecule has 1 nitrogen and oxygen atoms in total. The fraction of sp³-hybridized carbons (Fsp3) is 0.879. The normalized spacial score (nSPS) is 42.5. The van der Waals surface area contributed by atoms with Gasteiger partial charge in [0.15, 0.2) is 8.32 Å². The van der Waals surface area contributed by atoms with Gasteiger partial charge in [0.05, 0.1) is 0 Å². The largest absolute Gasteiger partial charge is 0.414 e. The third-order valence-corrected chi connectivity index (χ3v) is 13.3. The Bertz CT molecular complexity index is 848. The summed E-state index contributed by atoms with van der Waals surface area (Å²) < 4.78 is 6.74. The summed E-state index contributed by atoms with van der Waals surface area (Å²) in [6.45, 7) is 29.3. The first kappa shape index (κ1) is 27.7. The van der Waals surface area contributed by atoms with Gasteiger partial charge in [-0.05, 0) is 130 Å². The van der Waals surface area contributed by atoms with Crippen molar-refractivity contribution in [1.82, 2.24) is 0 Å². The quantitative estimate of drug-likeness (QED) is 0.250. The van der Waals surface area contributed by atoms with Gasteiger partial charge in [-0.1, -0.05) is 71.8 Å². The molecule has 0 heterocycles. The van der Waals surface area contributed by atoms with Crippen LogP contribution < -0.4 is 0 Å². The van der Waals surface area contributed by atoms with Crippen LogP contribution >= 0.6 is 0 Å². The molecule has 0 aromatic carbocycles. The zero-order chi connectivity index (χ0) is 26.0. The first-order valence-corrected chi connectivity index (χ1v) is 18.6. The number of hydrogen-bond donors (Lipinski definition) is 0. The van der Waals surface area contributed by atoms with Gasteiger partial charge in [0, 0.05) is 6.10 Å². The van der Waals surface area contributed by atoms with Crippen molar-refractivity contribution in [2.24, 2.45) is 45.8 Å². The number of rotatable bonds is 7. The van der Waals surface area contributed by atoms with E-state index in [4.69, 9.17) is 4.43 Å². The van der Waals surface area contributed by atoms with Crippen LogP contribution in [0.3, 0.4) is 0 Å². The van der Waals surface area contributed by atoms with Gasteiger partial charge in [-0.3, -0.25) is 0 Å². The highest BCUT2D eigenvalue weighted by Gasteiger charge is 2.62. The van der Waals surface area contributed by atoms with Crippen molar-refractivity contribution in [3.05, 3.63) is 23.3 Å². The second-order valence-corrected chi connectivity index (χ2v) is 19.9. The Kier molecular flexibility index (Phi) is 7.47. The Morgan fingerprint density at radius 3 is 2.29 bits per heavy atom. The van der Waals surface area contributed by atoms with Gasteiger partial charge in [0.2, 0.25) is 0 Å². The lowest BCUT2D eigenvalue weighted by Gasteiger charge is -2.60. The van der Waals surface area contributed by atoms with E-state index < -0.39 is 8.32 Å². The van der Waals surface area contributed by atoms with Gasteiger partial charge >= 0.3 is 0 Å². The van der Waals surface area contributed by atoms with Crippen molar-refractivity contribution >= 4 is 8.32 Å². The molecule has 0 aliphatic heterocycles. The van der Waals surface area contributed by atoms with Crippen LogP contribution in [0.4, 0.5) is 0 Å². The van der Waals surface area contributed by atoms with Crippen LogP contribution in [-0.2, 0) is 4.43 Å². The summed E-state index contributed by atoms with van der Waals surface area (Å²) in [5.74, 6) is 3.80. The summed E-state index contributed by atoms with van der Waals surface area (Å²) in [6, 6.07) is 0. The van der Waals surface area contributed by atoms with Crippen LogP contribution in [0.2, 0.25) is 19.6 Å². The Balaban J connectivity index is 1.57. The maximum Gasteiger partial charge on any atom is 0.184 e. The second kappa shape index (κ2) is 9.44. The molecule has 2 saturated carbocycles. The average Bonchev–Trinajstić information content (AvgIpc) is 3.04. The minimum atomic E-state index is -1.50. The van der Waals surface area contributed by atoms with E-state index in [9.17, 15) is 0 Å². The average molecular weight is 499 g/mol. The second-order valence-electron chi connectivity index (χ2n) is 15.4.